The van der Waals surface area contributed by atoms with Gasteiger partial charge in [0.1, 0.15) is 0 Å². The molecule has 8 heteroatoms. The van der Waals surface area contributed by atoms with Crippen LogP contribution < -0.4 is 0 Å². The summed E-state index contributed by atoms with van der Waals surface area (Å²) in [5.74, 6) is -1.52. The number of nitrogens with zero attached hydrogens (tertiary/aromatic N) is 4. The smallest absolute Gasteiger partial charge is 0.338 e. The number of aliphatic imine (C=N–C) groups is 4. The molecule has 5 heterocycles. The van der Waals surface area contributed by atoms with Gasteiger partial charge in [0.2, 0.25) is 0 Å². The minimum Gasteiger partial charge on any atom is -0.478 e. The molecule has 1 N–H and O–H groups in total. The van der Waals surface area contributed by atoms with Crippen molar-refractivity contribution in [2.24, 2.45) is 31.8 Å². The fourth-order valence-electron chi connectivity index (χ4n) is 6.26. The van der Waals surface area contributed by atoms with Crippen molar-refractivity contribution in [2.45, 2.75) is 60.8 Å². The van der Waals surface area contributed by atoms with Gasteiger partial charge in [-0.25, -0.2) is 19.8 Å². The van der Waals surface area contributed by atoms with Crippen LogP contribution in [0, 0.1) is 11.8 Å². The number of rotatable bonds is 6. The van der Waals surface area contributed by atoms with Crippen molar-refractivity contribution in [3.8, 4) is 0 Å². The maximum atomic E-state index is 12.6. The molecule has 2 atom stereocenters. The number of fused-ring (bicyclic) bond motifs is 4. The van der Waals surface area contributed by atoms with Gasteiger partial charge < -0.3 is 9.84 Å². The lowest BCUT2D eigenvalue weighted by Crippen LogP contribution is -2.20. The van der Waals surface area contributed by atoms with Crippen LogP contribution in [0.5, 0.6) is 0 Å². The van der Waals surface area contributed by atoms with E-state index in [1.54, 1.807) is 6.92 Å². The highest BCUT2D eigenvalue weighted by Gasteiger charge is 2.37. The van der Waals surface area contributed by atoms with Gasteiger partial charge in [-0.3, -0.25) is 9.79 Å². The van der Waals surface area contributed by atoms with Gasteiger partial charge in [0, 0.05) is 35.2 Å². The molecule has 0 spiro atoms. The average molecular weight is 565 g/mol. The Labute approximate surface area is 246 Å². The van der Waals surface area contributed by atoms with Crippen molar-refractivity contribution in [3.63, 3.8) is 0 Å². The quantitative estimate of drug-likeness (QED) is 0.367. The molecule has 0 aromatic rings. The highest BCUT2D eigenvalue weighted by Crippen LogP contribution is 2.41. The predicted octanol–water partition coefficient (Wildman–Crippen LogP) is 6.58. The highest BCUT2D eigenvalue weighted by atomic mass is 16.5. The third kappa shape index (κ3) is 4.74. The molecule has 0 saturated heterocycles. The van der Waals surface area contributed by atoms with E-state index in [4.69, 9.17) is 24.7 Å². The standard InChI is InChI=1S/C34H36N4O4/c1-9-21-16(3)24-13-26-18(5)23(11-12-30(39)42-8)32(37-26)20(7)33-31(34(40)41)19(6)27(38-33)15-29-22(10-2)17(4)25(36-29)14-28(21)35-24/h9,13-15,18,23H,1,10-12H2,2-8H3,(H,40,41)/t18-,23-/m0/s1. The number of methoxy groups -OCH3 is 1. The molecule has 5 rings (SSSR count). The summed E-state index contributed by atoms with van der Waals surface area (Å²) in [4.78, 5) is 44.6. The first-order valence-electron chi connectivity index (χ1n) is 14.3. The minimum atomic E-state index is -1.04. The summed E-state index contributed by atoms with van der Waals surface area (Å²) in [5, 5.41) is 10.3. The molecule has 0 aromatic carbocycles. The van der Waals surface area contributed by atoms with Gasteiger partial charge in [0.05, 0.1) is 46.9 Å². The van der Waals surface area contributed by atoms with Crippen LogP contribution in [0.3, 0.4) is 0 Å². The Balaban J connectivity index is 1.80. The maximum Gasteiger partial charge on any atom is 0.338 e. The molecule has 0 aromatic heterocycles. The first kappa shape index (κ1) is 29.0. The van der Waals surface area contributed by atoms with Crippen molar-refractivity contribution in [1.29, 1.82) is 0 Å². The molecule has 8 nitrogen and oxygen atoms in total. The summed E-state index contributed by atoms with van der Waals surface area (Å²) < 4.78 is 4.92. The Hall–Kier alpha value is -4.46. The number of aliphatic carboxylic acids is 1. The van der Waals surface area contributed by atoms with Gasteiger partial charge in [-0.1, -0.05) is 26.5 Å². The maximum absolute atomic E-state index is 12.6. The Kier molecular flexibility index (Phi) is 7.66. The number of carboxylic acids is 1. The second-order valence-corrected chi connectivity index (χ2v) is 11.1. The number of esters is 1. The van der Waals surface area contributed by atoms with Crippen LogP contribution in [-0.4, -0.2) is 47.0 Å². The summed E-state index contributed by atoms with van der Waals surface area (Å²) in [6, 6.07) is 0. The van der Waals surface area contributed by atoms with Crippen molar-refractivity contribution >= 4 is 34.8 Å². The number of carbonyl (C=O) groups is 2. The number of allylic oxidation sites excluding steroid dienone is 10. The van der Waals surface area contributed by atoms with E-state index in [0.29, 0.717) is 29.0 Å². The lowest BCUT2D eigenvalue weighted by molar-refractivity contribution is -0.140. The molecule has 0 unspecified atom stereocenters. The first-order valence-corrected chi connectivity index (χ1v) is 14.3. The molecule has 0 saturated carbocycles. The zero-order valence-corrected chi connectivity index (χ0v) is 25.3. The van der Waals surface area contributed by atoms with Gasteiger partial charge in [0.25, 0.3) is 0 Å². The molecular formula is C34H36N4O4. The number of carbonyl (C=O) groups excluding carboxylic acids is 1. The van der Waals surface area contributed by atoms with Crippen LogP contribution in [0.2, 0.25) is 0 Å². The van der Waals surface area contributed by atoms with E-state index >= 15 is 0 Å². The van der Waals surface area contributed by atoms with Gasteiger partial charge in [0.15, 0.2) is 0 Å². The molecule has 216 valence electrons. The Morgan fingerprint density at radius 3 is 2.21 bits per heavy atom. The summed E-state index contributed by atoms with van der Waals surface area (Å²) >= 11 is 0. The van der Waals surface area contributed by atoms with Crippen LogP contribution in [-0.2, 0) is 14.3 Å². The molecule has 8 bridgehead atoms. The minimum absolute atomic E-state index is 0.0467. The van der Waals surface area contributed by atoms with Gasteiger partial charge >= 0.3 is 11.9 Å². The van der Waals surface area contributed by atoms with E-state index in [1.807, 2.05) is 38.2 Å². The summed E-state index contributed by atoms with van der Waals surface area (Å²) in [6.07, 6.45) is 9.19. The summed E-state index contributed by atoms with van der Waals surface area (Å²) in [6.45, 7) is 16.0. The molecule has 5 aliphatic rings. The van der Waals surface area contributed by atoms with Crippen molar-refractivity contribution in [2.75, 3.05) is 7.11 Å². The largest absolute Gasteiger partial charge is 0.478 e. The number of ether oxygens (including phenoxy) is 1. The highest BCUT2D eigenvalue weighted by molar-refractivity contribution is 6.21. The Morgan fingerprint density at radius 2 is 1.57 bits per heavy atom. The van der Waals surface area contributed by atoms with Gasteiger partial charge in [-0.05, 0) is 86.6 Å². The zero-order chi connectivity index (χ0) is 30.5. The molecule has 0 fully saturated rings. The normalized spacial score (nSPS) is 23.5. The van der Waals surface area contributed by atoms with Crippen LogP contribution >= 0.6 is 0 Å². The van der Waals surface area contributed by atoms with Crippen LogP contribution in [0.15, 0.2) is 113 Å². The van der Waals surface area contributed by atoms with Gasteiger partial charge in [-0.2, -0.15) is 0 Å². The lowest BCUT2D eigenvalue weighted by Gasteiger charge is -2.19. The Morgan fingerprint density at radius 1 is 0.929 bits per heavy atom. The molecular weight excluding hydrogens is 528 g/mol. The third-order valence-electron chi connectivity index (χ3n) is 8.82. The van der Waals surface area contributed by atoms with Gasteiger partial charge in [-0.15, -0.1) is 0 Å². The number of carboxylic acid groups (broad SMARTS) is 1. The molecule has 0 radical (unpaired) electrons. The van der Waals surface area contributed by atoms with Crippen molar-refractivity contribution in [3.05, 3.63) is 92.7 Å². The number of hydrogen-bond acceptors (Lipinski definition) is 7. The second-order valence-electron chi connectivity index (χ2n) is 11.1. The van der Waals surface area contributed by atoms with E-state index < -0.39 is 5.97 Å². The fraction of sp³-hybridized carbons (Fsp3) is 0.353. The van der Waals surface area contributed by atoms with Crippen LogP contribution in [0.25, 0.3) is 0 Å². The average Bonchev–Trinajstić information content (AvgIpc) is 3.64. The van der Waals surface area contributed by atoms with Crippen LogP contribution in [0.4, 0.5) is 0 Å². The molecule has 5 aliphatic heterocycles. The summed E-state index contributed by atoms with van der Waals surface area (Å²) in [5.41, 5.74) is 11.2. The second kappa shape index (κ2) is 11.1. The van der Waals surface area contributed by atoms with Crippen molar-refractivity contribution in [1.82, 2.24) is 0 Å². The predicted molar refractivity (Wildman–Crippen MR) is 167 cm³/mol. The monoisotopic (exact) mass is 564 g/mol. The zero-order valence-electron chi connectivity index (χ0n) is 25.3. The first-order chi connectivity index (χ1) is 20.0. The number of hydrogen-bond donors (Lipinski definition) is 1. The van der Waals surface area contributed by atoms with E-state index in [1.165, 1.54) is 7.11 Å². The summed E-state index contributed by atoms with van der Waals surface area (Å²) in [7, 11) is 1.38. The van der Waals surface area contributed by atoms with E-state index in [9.17, 15) is 14.7 Å². The van der Waals surface area contributed by atoms with E-state index in [2.05, 4.69) is 27.4 Å². The molecule has 0 amide bonds. The third-order valence-corrected chi connectivity index (χ3v) is 8.82. The lowest BCUT2D eigenvalue weighted by atomic mass is 9.83. The van der Waals surface area contributed by atoms with Crippen LogP contribution in [0.1, 0.15) is 60.8 Å². The molecule has 42 heavy (non-hydrogen) atoms. The van der Waals surface area contributed by atoms with Crippen molar-refractivity contribution < 1.29 is 19.4 Å². The molecule has 0 aliphatic carbocycles. The topological polar surface area (TPSA) is 113 Å². The van der Waals surface area contributed by atoms with E-state index in [-0.39, 0.29) is 29.8 Å². The Bertz CT molecular complexity index is 1690. The fourth-order valence-corrected chi connectivity index (χ4v) is 6.26. The van der Waals surface area contributed by atoms with E-state index in [0.717, 1.165) is 62.9 Å². The SMILES string of the molecule is C=CC1=C(C)C2=NC1=CC1=NC(=CC3=NC(=C(C)C4=NC(=C2)[C@@H](C)[C@@H]4CCC(=O)OC)C(C(=O)O)=C3C)C(CC)=C1C.